The van der Waals surface area contributed by atoms with Gasteiger partial charge in [0.15, 0.2) is 0 Å². The van der Waals surface area contributed by atoms with Gasteiger partial charge >= 0.3 is 17.9 Å². The zero-order valence-corrected chi connectivity index (χ0v) is 26.7. The van der Waals surface area contributed by atoms with Crippen molar-refractivity contribution in [2.45, 2.75) is 104 Å². The van der Waals surface area contributed by atoms with Crippen molar-refractivity contribution in [2.75, 3.05) is 7.11 Å². The molecule has 11 atom stereocenters. The molecule has 3 aliphatic carbocycles. The summed E-state index contributed by atoms with van der Waals surface area (Å²) in [5.41, 5.74) is -0.00747. The lowest BCUT2D eigenvalue weighted by atomic mass is 9.39. The lowest BCUT2D eigenvalue weighted by Crippen LogP contribution is -2.73. The summed E-state index contributed by atoms with van der Waals surface area (Å²) in [5.74, 6) is -3.06. The van der Waals surface area contributed by atoms with E-state index in [9.17, 15) is 24.3 Å². The van der Waals surface area contributed by atoms with Crippen LogP contribution in [0.25, 0.3) is 0 Å². The van der Waals surface area contributed by atoms with Crippen LogP contribution in [0.3, 0.4) is 0 Å². The Morgan fingerprint density at radius 1 is 1.14 bits per heavy atom. The summed E-state index contributed by atoms with van der Waals surface area (Å²) in [7, 11) is 1.32. The molecule has 4 aliphatic rings. The third-order valence-corrected chi connectivity index (χ3v) is 11.6. The summed E-state index contributed by atoms with van der Waals surface area (Å²) in [4.78, 5) is 52.3. The molecule has 10 heteroatoms. The molecule has 0 radical (unpaired) electrons. The Kier molecular flexibility index (Phi) is 8.25. The van der Waals surface area contributed by atoms with Crippen LogP contribution in [0.5, 0.6) is 0 Å². The Balaban J connectivity index is 1.79. The van der Waals surface area contributed by atoms with E-state index in [2.05, 4.69) is 6.92 Å². The fourth-order valence-corrected chi connectivity index (χ4v) is 9.41. The highest BCUT2D eigenvalue weighted by atomic mass is 16.6. The second kappa shape index (κ2) is 11.3. The molecular weight excluding hydrogens is 568 g/mol. The van der Waals surface area contributed by atoms with Crippen LogP contribution in [-0.2, 0) is 38.1 Å². The number of hydrogen-bond acceptors (Lipinski definition) is 10. The molecule has 0 amide bonds. The average molecular weight is 613 g/mol. The van der Waals surface area contributed by atoms with Gasteiger partial charge in [-0.3, -0.25) is 9.59 Å². The molecule has 1 N–H and O–H groups in total. The van der Waals surface area contributed by atoms with E-state index >= 15 is 0 Å². The molecule has 1 aromatic rings. The molecule has 0 spiro atoms. The standard InChI is InChI=1S/C34H44O10/c1-9-17(2)31(39)44-25-14-24(37)32(5,16-35)29-28(42-19(4)36)30-34(7,23(33(25,29)6)13-26(38)40-8)27-18(3)21(12-22(27)43-30)20-10-11-41-15-20/h9-11,15-16,21-25,28-30,37H,12-14H2,1-8H3/b17-9+/t21-,22?,23?,24-,25+,28-,29+,30-,32-,33+,34-/m0/s1. The predicted molar refractivity (Wildman–Crippen MR) is 157 cm³/mol. The van der Waals surface area contributed by atoms with Crippen molar-refractivity contribution in [1.29, 1.82) is 0 Å². The van der Waals surface area contributed by atoms with Crippen LogP contribution in [0.15, 0.2) is 45.8 Å². The van der Waals surface area contributed by atoms with Gasteiger partial charge in [0.05, 0.1) is 37.3 Å². The number of allylic oxidation sites excluding steroid dienone is 2. The van der Waals surface area contributed by atoms with Crippen molar-refractivity contribution >= 4 is 24.2 Å². The maximum Gasteiger partial charge on any atom is 0.333 e. The monoisotopic (exact) mass is 612 g/mol. The molecule has 1 aromatic heterocycles. The summed E-state index contributed by atoms with van der Waals surface area (Å²) in [5, 5.41) is 11.5. The Labute approximate surface area is 258 Å². The van der Waals surface area contributed by atoms with E-state index in [0.717, 1.165) is 16.7 Å². The van der Waals surface area contributed by atoms with Crippen LogP contribution < -0.4 is 0 Å². The molecule has 2 unspecified atom stereocenters. The largest absolute Gasteiger partial charge is 0.472 e. The molecule has 3 fully saturated rings. The lowest BCUT2D eigenvalue weighted by Gasteiger charge is -2.66. The second-order valence-electron chi connectivity index (χ2n) is 13.6. The number of esters is 3. The number of methoxy groups -OCH3 is 1. The van der Waals surface area contributed by atoms with Crippen LogP contribution in [0, 0.1) is 28.1 Å². The van der Waals surface area contributed by atoms with Crippen molar-refractivity contribution in [2.24, 2.45) is 28.1 Å². The minimum Gasteiger partial charge on any atom is -0.472 e. The number of aliphatic hydroxyl groups is 1. The van der Waals surface area contributed by atoms with Gasteiger partial charge < -0.3 is 33.3 Å². The van der Waals surface area contributed by atoms with Crippen LogP contribution in [0.4, 0.5) is 0 Å². The number of aldehydes is 1. The Morgan fingerprint density at radius 3 is 2.41 bits per heavy atom. The van der Waals surface area contributed by atoms with Crippen molar-refractivity contribution in [3.05, 3.63) is 47.0 Å². The Bertz CT molecular complexity index is 1390. The molecule has 1 aliphatic heterocycles. The Morgan fingerprint density at radius 2 is 1.84 bits per heavy atom. The van der Waals surface area contributed by atoms with Crippen LogP contribution in [-0.4, -0.2) is 66.9 Å². The molecule has 5 rings (SSSR count). The zero-order valence-electron chi connectivity index (χ0n) is 26.7. The summed E-state index contributed by atoms with van der Waals surface area (Å²) in [6.45, 7) is 12.3. The topological polar surface area (TPSA) is 139 Å². The normalized spacial score (nSPS) is 41.3. The smallest absolute Gasteiger partial charge is 0.333 e. The van der Waals surface area contributed by atoms with Gasteiger partial charge in [-0.1, -0.05) is 25.5 Å². The van der Waals surface area contributed by atoms with Crippen molar-refractivity contribution in [3.63, 3.8) is 0 Å². The first-order chi connectivity index (χ1) is 20.7. The molecule has 1 saturated heterocycles. The van der Waals surface area contributed by atoms with Gasteiger partial charge in [-0.2, -0.15) is 0 Å². The van der Waals surface area contributed by atoms with E-state index in [-0.39, 0.29) is 24.9 Å². The van der Waals surface area contributed by atoms with Crippen LogP contribution >= 0.6 is 0 Å². The molecule has 44 heavy (non-hydrogen) atoms. The van der Waals surface area contributed by atoms with Crippen LogP contribution in [0.1, 0.15) is 79.2 Å². The molecule has 2 saturated carbocycles. The highest BCUT2D eigenvalue weighted by Gasteiger charge is 2.76. The highest BCUT2D eigenvalue weighted by Crippen LogP contribution is 2.72. The van der Waals surface area contributed by atoms with E-state index in [0.29, 0.717) is 18.3 Å². The lowest BCUT2D eigenvalue weighted by molar-refractivity contribution is -0.279. The first-order valence-electron chi connectivity index (χ1n) is 15.3. The molecule has 0 aromatic carbocycles. The number of hydrogen-bond donors (Lipinski definition) is 1. The van der Waals surface area contributed by atoms with Gasteiger partial charge in [-0.15, -0.1) is 0 Å². The second-order valence-corrected chi connectivity index (χ2v) is 13.6. The molecule has 10 nitrogen and oxygen atoms in total. The van der Waals surface area contributed by atoms with Gasteiger partial charge in [0.1, 0.15) is 24.6 Å². The first-order valence-corrected chi connectivity index (χ1v) is 15.3. The maximum atomic E-state index is 13.3. The van der Waals surface area contributed by atoms with E-state index in [1.54, 1.807) is 39.4 Å². The summed E-state index contributed by atoms with van der Waals surface area (Å²) in [6, 6.07) is 1.93. The van der Waals surface area contributed by atoms with Gasteiger partial charge in [0, 0.05) is 48.0 Å². The third-order valence-electron chi connectivity index (χ3n) is 11.6. The van der Waals surface area contributed by atoms with Crippen molar-refractivity contribution < 1.29 is 47.6 Å². The Hall–Kier alpha value is -3.24. The molecular formula is C34H44O10. The minimum absolute atomic E-state index is 0.0161. The summed E-state index contributed by atoms with van der Waals surface area (Å²) >= 11 is 0. The van der Waals surface area contributed by atoms with E-state index in [1.807, 2.05) is 19.9 Å². The SMILES string of the molecule is C/C=C(\C)C(=O)O[C@@H]1C[C@H](O)[C@](C)(C=O)[C@H]2[C@H](OC(C)=O)[C@@H]3OC4C[C@H](c5ccoc5)C(C)=C4[C@]3(C)C(CC(=O)OC)[C@@]21C. The minimum atomic E-state index is -1.42. The molecule has 0 bridgehead atoms. The number of ether oxygens (including phenoxy) is 4. The summed E-state index contributed by atoms with van der Waals surface area (Å²) in [6.07, 6.45) is 1.94. The van der Waals surface area contributed by atoms with E-state index in [1.165, 1.54) is 14.0 Å². The van der Waals surface area contributed by atoms with Crippen LogP contribution in [0.2, 0.25) is 0 Å². The number of fused-ring (bicyclic) bond motifs is 4. The maximum absolute atomic E-state index is 13.3. The zero-order chi connectivity index (χ0) is 32.4. The number of rotatable bonds is 7. The van der Waals surface area contributed by atoms with E-state index in [4.69, 9.17) is 23.4 Å². The number of aliphatic hydroxyl groups excluding tert-OH is 1. The third kappa shape index (κ3) is 4.50. The quantitative estimate of drug-likeness (QED) is 0.154. The first kappa shape index (κ1) is 32.2. The van der Waals surface area contributed by atoms with Crippen molar-refractivity contribution in [3.8, 4) is 0 Å². The van der Waals surface area contributed by atoms with Gasteiger partial charge in [0.25, 0.3) is 0 Å². The van der Waals surface area contributed by atoms with E-state index < -0.39 is 70.4 Å². The molecule has 240 valence electrons. The van der Waals surface area contributed by atoms with Gasteiger partial charge in [-0.05, 0) is 57.2 Å². The van der Waals surface area contributed by atoms with Gasteiger partial charge in [-0.25, -0.2) is 4.79 Å². The fraction of sp³-hybridized carbons (Fsp3) is 0.647. The van der Waals surface area contributed by atoms with Gasteiger partial charge in [0.2, 0.25) is 0 Å². The number of carbonyl (C=O) groups excluding carboxylic acids is 4. The summed E-state index contributed by atoms with van der Waals surface area (Å²) < 4.78 is 29.8. The highest BCUT2D eigenvalue weighted by molar-refractivity contribution is 5.87. The average Bonchev–Trinajstić information content (AvgIpc) is 3.69. The predicted octanol–water partition coefficient (Wildman–Crippen LogP) is 4.45. The van der Waals surface area contributed by atoms with Crippen molar-refractivity contribution in [1.82, 2.24) is 0 Å². The number of carbonyl (C=O) groups is 4. The fourth-order valence-electron chi connectivity index (χ4n) is 9.41. The number of furan rings is 1. The molecule has 2 heterocycles.